The number of carbonyl (C=O) groups is 1. The highest BCUT2D eigenvalue weighted by Crippen LogP contribution is 2.24. The maximum Gasteiger partial charge on any atom is 0.305 e. The van der Waals surface area contributed by atoms with Gasteiger partial charge in [0.2, 0.25) is 0 Å². The van der Waals surface area contributed by atoms with E-state index in [1.807, 2.05) is 17.5 Å². The first-order valence-electron chi connectivity index (χ1n) is 5.99. The van der Waals surface area contributed by atoms with Crippen LogP contribution in [0.4, 0.5) is 4.39 Å². The molecule has 0 amide bonds. The normalized spacial score (nSPS) is 12.3. The Hall–Kier alpha value is -1.24. The second-order valence-electron chi connectivity index (χ2n) is 4.28. The van der Waals surface area contributed by atoms with Gasteiger partial charge in [-0.3, -0.25) is 4.79 Å². The molecule has 0 radical (unpaired) electrons. The van der Waals surface area contributed by atoms with Gasteiger partial charge in [-0.2, -0.15) is 0 Å². The third-order valence-corrected chi connectivity index (χ3v) is 4.54. The molecular weight excluding hydrogens is 345 g/mol. The maximum absolute atomic E-state index is 13.0. The van der Waals surface area contributed by atoms with E-state index in [4.69, 9.17) is 5.11 Å². The lowest BCUT2D eigenvalue weighted by Gasteiger charge is -2.16. The molecule has 0 aliphatic rings. The smallest absolute Gasteiger partial charge is 0.305 e. The van der Waals surface area contributed by atoms with Crippen molar-refractivity contribution in [2.75, 3.05) is 0 Å². The predicted molar refractivity (Wildman–Crippen MR) is 80.3 cm³/mol. The monoisotopic (exact) mass is 357 g/mol. The number of carboxylic acids is 1. The molecule has 0 fully saturated rings. The Kier molecular flexibility index (Phi) is 5.28. The van der Waals surface area contributed by atoms with E-state index < -0.39 is 5.97 Å². The largest absolute Gasteiger partial charge is 0.481 e. The highest BCUT2D eigenvalue weighted by Gasteiger charge is 2.16. The average molecular weight is 358 g/mol. The molecular formula is C14H13BrFNO2S. The molecule has 20 heavy (non-hydrogen) atoms. The number of aliphatic carboxylic acids is 1. The third kappa shape index (κ3) is 4.13. The summed E-state index contributed by atoms with van der Waals surface area (Å²) in [4.78, 5) is 11.9. The Morgan fingerprint density at radius 2 is 2.25 bits per heavy atom. The van der Waals surface area contributed by atoms with Crippen LogP contribution in [0.2, 0.25) is 0 Å². The van der Waals surface area contributed by atoms with Gasteiger partial charge in [0.25, 0.3) is 0 Å². The summed E-state index contributed by atoms with van der Waals surface area (Å²) in [7, 11) is 0. The first kappa shape index (κ1) is 15.2. The number of carboxylic acid groups (broad SMARTS) is 1. The zero-order chi connectivity index (χ0) is 14.5. The standard InChI is InChI=1S/C14H13BrFNO2S/c15-11-6-10(16)4-3-9(11)8-17-12(7-14(18)19)13-2-1-5-20-13/h1-6,12,17H,7-8H2,(H,18,19). The van der Waals surface area contributed by atoms with Gasteiger partial charge >= 0.3 is 5.97 Å². The average Bonchev–Trinajstić information content (AvgIpc) is 2.89. The van der Waals surface area contributed by atoms with Crippen molar-refractivity contribution in [2.24, 2.45) is 0 Å². The van der Waals surface area contributed by atoms with Crippen molar-refractivity contribution in [3.63, 3.8) is 0 Å². The Morgan fingerprint density at radius 1 is 1.45 bits per heavy atom. The van der Waals surface area contributed by atoms with Crippen molar-refractivity contribution >= 4 is 33.2 Å². The fraction of sp³-hybridized carbons (Fsp3) is 0.214. The van der Waals surface area contributed by atoms with Crippen LogP contribution in [-0.2, 0) is 11.3 Å². The van der Waals surface area contributed by atoms with E-state index in [0.29, 0.717) is 11.0 Å². The van der Waals surface area contributed by atoms with Crippen LogP contribution in [0.5, 0.6) is 0 Å². The number of benzene rings is 1. The molecule has 0 aliphatic heterocycles. The van der Waals surface area contributed by atoms with Crippen molar-refractivity contribution in [3.8, 4) is 0 Å². The molecule has 0 aliphatic carbocycles. The number of halogens is 2. The van der Waals surface area contributed by atoms with Gasteiger partial charge in [0.15, 0.2) is 0 Å². The summed E-state index contributed by atoms with van der Waals surface area (Å²) >= 11 is 4.82. The van der Waals surface area contributed by atoms with E-state index in [2.05, 4.69) is 21.2 Å². The first-order valence-corrected chi connectivity index (χ1v) is 7.66. The van der Waals surface area contributed by atoms with Gasteiger partial charge in [-0.25, -0.2) is 4.39 Å². The number of thiophene rings is 1. The zero-order valence-electron chi connectivity index (χ0n) is 10.5. The van der Waals surface area contributed by atoms with Gasteiger partial charge in [-0.15, -0.1) is 11.3 Å². The van der Waals surface area contributed by atoms with E-state index in [-0.39, 0.29) is 18.3 Å². The number of hydrogen-bond donors (Lipinski definition) is 2. The molecule has 0 spiro atoms. The molecule has 1 unspecified atom stereocenters. The zero-order valence-corrected chi connectivity index (χ0v) is 12.9. The maximum atomic E-state index is 13.0. The van der Waals surface area contributed by atoms with E-state index in [9.17, 15) is 9.18 Å². The minimum Gasteiger partial charge on any atom is -0.481 e. The van der Waals surface area contributed by atoms with Crippen molar-refractivity contribution in [1.82, 2.24) is 5.32 Å². The summed E-state index contributed by atoms with van der Waals surface area (Å²) in [5, 5.41) is 14.1. The lowest BCUT2D eigenvalue weighted by atomic mass is 10.1. The first-order chi connectivity index (χ1) is 9.56. The molecule has 1 atom stereocenters. The summed E-state index contributed by atoms with van der Waals surface area (Å²) in [6.45, 7) is 0.469. The van der Waals surface area contributed by atoms with Gasteiger partial charge in [0.05, 0.1) is 12.5 Å². The molecule has 106 valence electrons. The predicted octanol–water partition coefficient (Wildman–Crippen LogP) is 3.96. The molecule has 0 saturated carbocycles. The molecule has 1 heterocycles. The van der Waals surface area contributed by atoms with Crippen LogP contribution in [0.1, 0.15) is 22.9 Å². The van der Waals surface area contributed by atoms with Crippen molar-refractivity contribution in [3.05, 3.63) is 56.4 Å². The Balaban J connectivity index is 2.07. The van der Waals surface area contributed by atoms with Gasteiger partial charge in [0, 0.05) is 15.9 Å². The quantitative estimate of drug-likeness (QED) is 0.822. The summed E-state index contributed by atoms with van der Waals surface area (Å²) in [5.74, 6) is -1.16. The second kappa shape index (κ2) is 6.97. The van der Waals surface area contributed by atoms with Gasteiger partial charge in [0.1, 0.15) is 5.82 Å². The third-order valence-electron chi connectivity index (χ3n) is 2.82. The van der Waals surface area contributed by atoms with Crippen LogP contribution in [0, 0.1) is 5.82 Å². The van der Waals surface area contributed by atoms with Crippen LogP contribution in [0.15, 0.2) is 40.2 Å². The van der Waals surface area contributed by atoms with E-state index in [0.717, 1.165) is 10.4 Å². The van der Waals surface area contributed by atoms with Crippen LogP contribution in [-0.4, -0.2) is 11.1 Å². The highest BCUT2D eigenvalue weighted by molar-refractivity contribution is 9.10. The number of nitrogens with one attached hydrogen (secondary N) is 1. The van der Waals surface area contributed by atoms with Gasteiger partial charge in [-0.1, -0.05) is 28.1 Å². The molecule has 2 rings (SSSR count). The minimum atomic E-state index is -0.853. The van der Waals surface area contributed by atoms with Crippen molar-refractivity contribution in [1.29, 1.82) is 0 Å². The van der Waals surface area contributed by atoms with Crippen molar-refractivity contribution in [2.45, 2.75) is 19.0 Å². The second-order valence-corrected chi connectivity index (χ2v) is 6.12. The van der Waals surface area contributed by atoms with Gasteiger partial charge in [-0.05, 0) is 29.1 Å². The molecule has 6 heteroatoms. The van der Waals surface area contributed by atoms with E-state index in [1.54, 1.807) is 6.07 Å². The fourth-order valence-corrected chi connectivity index (χ4v) is 3.13. The molecule has 0 bridgehead atoms. The summed E-state index contributed by atoms with van der Waals surface area (Å²) in [5.41, 5.74) is 0.887. The Labute approximate surface area is 128 Å². The molecule has 2 aromatic rings. The van der Waals surface area contributed by atoms with Crippen LogP contribution < -0.4 is 5.32 Å². The molecule has 1 aromatic heterocycles. The van der Waals surface area contributed by atoms with Gasteiger partial charge < -0.3 is 10.4 Å². The number of rotatable bonds is 6. The Morgan fingerprint density at radius 3 is 2.85 bits per heavy atom. The molecule has 1 aromatic carbocycles. The topological polar surface area (TPSA) is 49.3 Å². The van der Waals surface area contributed by atoms with E-state index >= 15 is 0 Å². The molecule has 2 N–H and O–H groups in total. The van der Waals surface area contributed by atoms with Crippen LogP contribution >= 0.6 is 27.3 Å². The highest BCUT2D eigenvalue weighted by atomic mass is 79.9. The number of hydrogen-bond acceptors (Lipinski definition) is 3. The minimum absolute atomic E-state index is 0.0132. The van der Waals surface area contributed by atoms with Crippen LogP contribution in [0.3, 0.4) is 0 Å². The van der Waals surface area contributed by atoms with Crippen LogP contribution in [0.25, 0.3) is 0 Å². The molecule has 3 nitrogen and oxygen atoms in total. The fourth-order valence-electron chi connectivity index (χ4n) is 1.84. The lowest BCUT2D eigenvalue weighted by molar-refractivity contribution is -0.137. The lowest BCUT2D eigenvalue weighted by Crippen LogP contribution is -2.23. The van der Waals surface area contributed by atoms with E-state index in [1.165, 1.54) is 23.5 Å². The van der Waals surface area contributed by atoms with Crippen molar-refractivity contribution < 1.29 is 14.3 Å². The molecule has 0 saturated heterocycles. The summed E-state index contributed by atoms with van der Waals surface area (Å²) in [6, 6.07) is 8.02. The Bertz CT molecular complexity index is 589. The summed E-state index contributed by atoms with van der Waals surface area (Å²) < 4.78 is 13.7. The SMILES string of the molecule is O=C(O)CC(NCc1ccc(F)cc1Br)c1cccs1. The summed E-state index contributed by atoms with van der Waals surface area (Å²) in [6.07, 6.45) is 0.0132.